The lowest BCUT2D eigenvalue weighted by molar-refractivity contribution is 0.544. The van der Waals surface area contributed by atoms with Crippen molar-refractivity contribution in [3.8, 4) is 0 Å². The van der Waals surface area contributed by atoms with Crippen molar-refractivity contribution in [2.24, 2.45) is 5.92 Å². The first-order valence-electron chi connectivity index (χ1n) is 8.60. The highest BCUT2D eigenvalue weighted by Crippen LogP contribution is 2.39. The molecular weight excluding hydrogens is 260 g/mol. The van der Waals surface area contributed by atoms with Crippen LogP contribution in [0.25, 0.3) is 0 Å². The number of hydrogen-bond donors (Lipinski definition) is 1. The molecule has 3 rings (SSSR count). The van der Waals surface area contributed by atoms with Crippen LogP contribution in [-0.4, -0.2) is 30.1 Å². The summed E-state index contributed by atoms with van der Waals surface area (Å²) in [5.41, 5.74) is 0. The largest absolute Gasteiger partial charge is 0.370 e. The second kappa shape index (κ2) is 6.63. The summed E-state index contributed by atoms with van der Waals surface area (Å²) in [6.07, 6.45) is 9.19. The molecule has 0 unspecified atom stereocenters. The average Bonchev–Trinajstić information content (AvgIpc) is 3.23. The van der Waals surface area contributed by atoms with Gasteiger partial charge in [-0.1, -0.05) is 19.8 Å². The van der Waals surface area contributed by atoms with E-state index in [1.54, 1.807) is 0 Å². The van der Waals surface area contributed by atoms with E-state index in [0.717, 1.165) is 42.9 Å². The number of nitrogens with zero attached hydrogens (tertiary/aromatic N) is 3. The van der Waals surface area contributed by atoms with Crippen LogP contribution in [0.3, 0.4) is 0 Å². The third-order valence-corrected chi connectivity index (χ3v) is 4.63. The molecule has 1 N–H and O–H groups in total. The lowest BCUT2D eigenvalue weighted by Crippen LogP contribution is -2.25. The maximum atomic E-state index is 4.82. The van der Waals surface area contributed by atoms with Gasteiger partial charge >= 0.3 is 0 Å². The fourth-order valence-electron chi connectivity index (χ4n) is 3.19. The molecule has 4 nitrogen and oxygen atoms in total. The standard InChI is InChI=1S/C17H28N4/c1-3-10-18-15-11-16(20-17(19-15)14-8-9-14)21(2)12-13-6-4-5-7-13/h11,13-14H,3-10,12H2,1-2H3,(H,18,19,20). The first kappa shape index (κ1) is 14.6. The molecule has 0 saturated heterocycles. The fourth-order valence-corrected chi connectivity index (χ4v) is 3.19. The summed E-state index contributed by atoms with van der Waals surface area (Å²) in [7, 11) is 2.18. The fraction of sp³-hybridized carbons (Fsp3) is 0.765. The van der Waals surface area contributed by atoms with Crippen LogP contribution < -0.4 is 10.2 Å². The molecule has 1 heterocycles. The van der Waals surface area contributed by atoms with Gasteiger partial charge in [-0.25, -0.2) is 9.97 Å². The van der Waals surface area contributed by atoms with E-state index in [9.17, 15) is 0 Å². The molecule has 2 saturated carbocycles. The van der Waals surface area contributed by atoms with Gasteiger partial charge in [0.25, 0.3) is 0 Å². The summed E-state index contributed by atoms with van der Waals surface area (Å²) in [4.78, 5) is 11.9. The summed E-state index contributed by atoms with van der Waals surface area (Å²) in [6, 6.07) is 2.12. The minimum atomic E-state index is 0.604. The molecule has 0 atom stereocenters. The Kier molecular flexibility index (Phi) is 4.61. The van der Waals surface area contributed by atoms with Crippen LogP contribution in [0.1, 0.15) is 63.6 Å². The predicted molar refractivity (Wildman–Crippen MR) is 88.0 cm³/mol. The average molecular weight is 288 g/mol. The van der Waals surface area contributed by atoms with Gasteiger partial charge in [0.05, 0.1) is 0 Å². The van der Waals surface area contributed by atoms with Gasteiger partial charge in [-0.15, -0.1) is 0 Å². The Morgan fingerprint density at radius 3 is 2.62 bits per heavy atom. The van der Waals surface area contributed by atoms with Crippen LogP contribution in [-0.2, 0) is 0 Å². The monoisotopic (exact) mass is 288 g/mol. The van der Waals surface area contributed by atoms with Crippen LogP contribution in [0.5, 0.6) is 0 Å². The van der Waals surface area contributed by atoms with Crippen LogP contribution in [0.4, 0.5) is 11.6 Å². The zero-order valence-electron chi connectivity index (χ0n) is 13.4. The van der Waals surface area contributed by atoms with E-state index < -0.39 is 0 Å². The Balaban J connectivity index is 1.73. The third kappa shape index (κ3) is 3.86. The Hall–Kier alpha value is -1.32. The van der Waals surface area contributed by atoms with E-state index in [2.05, 4.69) is 30.3 Å². The van der Waals surface area contributed by atoms with Crippen molar-refractivity contribution in [3.05, 3.63) is 11.9 Å². The van der Waals surface area contributed by atoms with E-state index in [1.165, 1.54) is 38.5 Å². The number of rotatable bonds is 7. The van der Waals surface area contributed by atoms with Crippen molar-refractivity contribution in [1.29, 1.82) is 0 Å². The van der Waals surface area contributed by atoms with E-state index >= 15 is 0 Å². The lowest BCUT2D eigenvalue weighted by atomic mass is 10.1. The van der Waals surface area contributed by atoms with Gasteiger partial charge in [0, 0.05) is 32.1 Å². The summed E-state index contributed by atoms with van der Waals surface area (Å²) < 4.78 is 0. The minimum absolute atomic E-state index is 0.604. The number of nitrogens with one attached hydrogen (secondary N) is 1. The maximum Gasteiger partial charge on any atom is 0.136 e. The quantitative estimate of drug-likeness (QED) is 0.828. The maximum absolute atomic E-state index is 4.82. The molecule has 21 heavy (non-hydrogen) atoms. The van der Waals surface area contributed by atoms with Crippen molar-refractivity contribution < 1.29 is 0 Å². The third-order valence-electron chi connectivity index (χ3n) is 4.63. The highest BCUT2D eigenvalue weighted by molar-refractivity contribution is 5.49. The molecule has 4 heteroatoms. The zero-order valence-corrected chi connectivity index (χ0v) is 13.4. The summed E-state index contributed by atoms with van der Waals surface area (Å²) >= 11 is 0. The molecule has 1 aromatic rings. The highest BCUT2D eigenvalue weighted by Gasteiger charge is 2.28. The Morgan fingerprint density at radius 2 is 1.95 bits per heavy atom. The van der Waals surface area contributed by atoms with E-state index in [4.69, 9.17) is 9.97 Å². The molecule has 0 spiro atoms. The van der Waals surface area contributed by atoms with Crippen molar-refractivity contribution in [2.75, 3.05) is 30.4 Å². The number of aromatic nitrogens is 2. The van der Waals surface area contributed by atoms with Crippen molar-refractivity contribution >= 4 is 11.6 Å². The molecule has 2 fully saturated rings. The first-order valence-corrected chi connectivity index (χ1v) is 8.60. The highest BCUT2D eigenvalue weighted by atomic mass is 15.2. The van der Waals surface area contributed by atoms with E-state index in [-0.39, 0.29) is 0 Å². The number of hydrogen-bond acceptors (Lipinski definition) is 4. The van der Waals surface area contributed by atoms with Gasteiger partial charge in [-0.3, -0.25) is 0 Å². The molecule has 1 aromatic heterocycles. The van der Waals surface area contributed by atoms with Crippen LogP contribution in [0, 0.1) is 5.92 Å². The van der Waals surface area contributed by atoms with E-state index in [1.807, 2.05) is 0 Å². The first-order chi connectivity index (χ1) is 10.3. The van der Waals surface area contributed by atoms with Crippen LogP contribution in [0.2, 0.25) is 0 Å². The lowest BCUT2D eigenvalue weighted by Gasteiger charge is -2.23. The molecule has 0 aromatic carbocycles. The number of anilines is 2. The van der Waals surface area contributed by atoms with Gasteiger partial charge in [0.1, 0.15) is 17.5 Å². The van der Waals surface area contributed by atoms with Crippen LogP contribution in [0.15, 0.2) is 6.07 Å². The Labute approximate surface area is 128 Å². The van der Waals surface area contributed by atoms with Gasteiger partial charge in [0.15, 0.2) is 0 Å². The second-order valence-corrected chi connectivity index (χ2v) is 6.70. The summed E-state index contributed by atoms with van der Waals surface area (Å²) in [5.74, 6) is 4.59. The molecule has 0 amide bonds. The Morgan fingerprint density at radius 1 is 1.19 bits per heavy atom. The second-order valence-electron chi connectivity index (χ2n) is 6.70. The van der Waals surface area contributed by atoms with E-state index in [0.29, 0.717) is 5.92 Å². The van der Waals surface area contributed by atoms with Crippen LogP contribution >= 0.6 is 0 Å². The topological polar surface area (TPSA) is 41.0 Å². The van der Waals surface area contributed by atoms with Crippen molar-refractivity contribution in [1.82, 2.24) is 9.97 Å². The smallest absolute Gasteiger partial charge is 0.136 e. The van der Waals surface area contributed by atoms with Gasteiger partial charge in [-0.2, -0.15) is 0 Å². The molecular formula is C17H28N4. The van der Waals surface area contributed by atoms with Gasteiger partial charge in [0.2, 0.25) is 0 Å². The van der Waals surface area contributed by atoms with Crippen molar-refractivity contribution in [2.45, 2.75) is 57.8 Å². The summed E-state index contributed by atoms with van der Waals surface area (Å²) in [6.45, 7) is 4.30. The molecule has 0 radical (unpaired) electrons. The Bertz CT molecular complexity index is 464. The molecule has 0 aliphatic heterocycles. The SMILES string of the molecule is CCCNc1cc(N(C)CC2CCCC2)nc(C2CC2)n1. The van der Waals surface area contributed by atoms with Gasteiger partial charge in [-0.05, 0) is 38.0 Å². The predicted octanol–water partition coefficient (Wildman–Crippen LogP) is 3.80. The molecule has 2 aliphatic rings. The minimum Gasteiger partial charge on any atom is -0.370 e. The molecule has 2 aliphatic carbocycles. The van der Waals surface area contributed by atoms with Gasteiger partial charge < -0.3 is 10.2 Å². The summed E-state index contributed by atoms with van der Waals surface area (Å²) in [5, 5.41) is 3.43. The zero-order chi connectivity index (χ0) is 14.7. The molecule has 116 valence electrons. The molecule has 0 bridgehead atoms. The normalized spacial score (nSPS) is 19.0. The van der Waals surface area contributed by atoms with Crippen molar-refractivity contribution in [3.63, 3.8) is 0 Å².